The fourth-order valence-corrected chi connectivity index (χ4v) is 2.12. The highest BCUT2D eigenvalue weighted by atomic mass is 35.5. The Morgan fingerprint density at radius 2 is 1.95 bits per heavy atom. The van der Waals surface area contributed by atoms with Crippen LogP contribution in [0.5, 0.6) is 17.2 Å². The van der Waals surface area contributed by atoms with Crippen molar-refractivity contribution >= 4 is 17.3 Å². The predicted octanol–water partition coefficient (Wildman–Crippen LogP) is 3.53. The van der Waals surface area contributed by atoms with Crippen molar-refractivity contribution in [1.29, 1.82) is 0 Å². The van der Waals surface area contributed by atoms with E-state index < -0.39 is 0 Å². The van der Waals surface area contributed by atoms with Crippen LogP contribution in [0, 0.1) is 5.82 Å². The normalized spacial score (nSPS) is 12.5. The first-order valence-corrected chi connectivity index (χ1v) is 6.31. The highest BCUT2D eigenvalue weighted by Gasteiger charge is 2.17. The van der Waals surface area contributed by atoms with Crippen LogP contribution in [0.4, 0.5) is 10.1 Å². The van der Waals surface area contributed by atoms with Crippen molar-refractivity contribution in [2.24, 2.45) is 0 Å². The summed E-state index contributed by atoms with van der Waals surface area (Å²) < 4.78 is 23.5. The third-order valence-corrected chi connectivity index (χ3v) is 3.30. The van der Waals surface area contributed by atoms with Crippen LogP contribution in [0.15, 0.2) is 30.3 Å². The molecule has 0 spiro atoms. The maximum atomic E-state index is 13.1. The van der Waals surface area contributed by atoms with E-state index in [1.807, 2.05) is 0 Å². The van der Waals surface area contributed by atoms with E-state index in [1.165, 1.54) is 24.3 Å². The Labute approximate surface area is 119 Å². The van der Waals surface area contributed by atoms with E-state index >= 15 is 0 Å². The molecule has 0 saturated heterocycles. The number of hydrogen-bond acceptors (Lipinski definition) is 4. The number of phenolic OH excluding ortho intramolecular Hbond substituents is 1. The van der Waals surface area contributed by atoms with Gasteiger partial charge in [0.1, 0.15) is 11.6 Å². The van der Waals surface area contributed by atoms with Crippen LogP contribution in [0.3, 0.4) is 0 Å². The lowest BCUT2D eigenvalue weighted by molar-refractivity contribution is 0.174. The van der Waals surface area contributed by atoms with Crippen molar-refractivity contribution in [3.8, 4) is 17.2 Å². The summed E-state index contributed by atoms with van der Waals surface area (Å²) in [4.78, 5) is 0. The number of aromatic hydroxyl groups is 1. The Hall–Kier alpha value is -2.14. The molecule has 0 bridgehead atoms. The highest BCUT2D eigenvalue weighted by Crippen LogP contribution is 2.38. The van der Waals surface area contributed by atoms with Crippen molar-refractivity contribution in [2.75, 3.05) is 12.1 Å². The van der Waals surface area contributed by atoms with E-state index in [-0.39, 0.29) is 24.9 Å². The molecule has 2 aromatic rings. The Bertz CT molecular complexity index is 663. The van der Waals surface area contributed by atoms with Crippen LogP contribution in [0.1, 0.15) is 5.56 Å². The molecule has 2 N–H and O–H groups in total. The molecule has 1 aliphatic heterocycles. The van der Waals surface area contributed by atoms with Gasteiger partial charge in [0.2, 0.25) is 6.79 Å². The quantitative estimate of drug-likeness (QED) is 0.909. The lowest BCUT2D eigenvalue weighted by Crippen LogP contribution is -2.01. The summed E-state index contributed by atoms with van der Waals surface area (Å²) in [7, 11) is 0. The molecule has 0 fully saturated rings. The molecular weight excluding hydrogens is 285 g/mol. The van der Waals surface area contributed by atoms with Crippen molar-refractivity contribution in [3.05, 3.63) is 46.7 Å². The molecule has 1 heterocycles. The molecule has 2 aromatic carbocycles. The Morgan fingerprint density at radius 1 is 1.20 bits per heavy atom. The van der Waals surface area contributed by atoms with Gasteiger partial charge in [-0.05, 0) is 24.3 Å². The first kappa shape index (κ1) is 12.9. The van der Waals surface area contributed by atoms with Crippen molar-refractivity contribution in [3.63, 3.8) is 0 Å². The van der Waals surface area contributed by atoms with E-state index in [4.69, 9.17) is 21.1 Å². The molecule has 0 aliphatic carbocycles. The first-order valence-electron chi connectivity index (χ1n) is 5.94. The molecule has 104 valence electrons. The van der Waals surface area contributed by atoms with E-state index in [0.29, 0.717) is 27.8 Å². The minimum absolute atomic E-state index is 0.0780. The lowest BCUT2D eigenvalue weighted by atomic mass is 10.1. The smallest absolute Gasteiger partial charge is 0.231 e. The second-order valence-corrected chi connectivity index (χ2v) is 4.72. The molecule has 0 unspecified atom stereocenters. The number of fused-ring (bicyclic) bond motifs is 1. The monoisotopic (exact) mass is 295 g/mol. The molecule has 20 heavy (non-hydrogen) atoms. The van der Waals surface area contributed by atoms with Crippen LogP contribution in [-0.2, 0) is 6.54 Å². The number of anilines is 1. The average molecular weight is 296 g/mol. The summed E-state index contributed by atoms with van der Waals surface area (Å²) in [6, 6.07) is 7.22. The Balaban J connectivity index is 1.80. The van der Waals surface area contributed by atoms with Crippen molar-refractivity contribution < 1.29 is 19.0 Å². The number of rotatable bonds is 3. The van der Waals surface area contributed by atoms with Gasteiger partial charge in [-0.1, -0.05) is 11.6 Å². The van der Waals surface area contributed by atoms with Gasteiger partial charge in [-0.25, -0.2) is 4.39 Å². The van der Waals surface area contributed by atoms with Gasteiger partial charge in [0.25, 0.3) is 0 Å². The number of hydrogen-bond donors (Lipinski definition) is 2. The molecule has 3 rings (SSSR count). The molecular formula is C14H11ClFNO3. The largest absolute Gasteiger partial charge is 0.507 e. The van der Waals surface area contributed by atoms with Gasteiger partial charge in [-0.2, -0.15) is 0 Å². The van der Waals surface area contributed by atoms with Crippen molar-refractivity contribution in [2.45, 2.75) is 6.54 Å². The molecule has 1 aliphatic rings. The zero-order chi connectivity index (χ0) is 14.1. The fourth-order valence-electron chi connectivity index (χ4n) is 1.94. The van der Waals surface area contributed by atoms with Crippen molar-refractivity contribution in [1.82, 2.24) is 0 Å². The highest BCUT2D eigenvalue weighted by molar-refractivity contribution is 6.33. The summed E-state index contributed by atoms with van der Waals surface area (Å²) in [6.07, 6.45) is 0. The van der Waals surface area contributed by atoms with Gasteiger partial charge in [0.05, 0.1) is 10.7 Å². The third-order valence-electron chi connectivity index (χ3n) is 2.97. The molecule has 0 atom stereocenters. The third kappa shape index (κ3) is 2.44. The summed E-state index contributed by atoms with van der Waals surface area (Å²) in [6.45, 7) is 0.424. The standard InChI is InChI=1S/C14H11ClFNO3/c15-10-2-1-9(16)4-11(10)17-6-8-3-13-14(5-12(8)18)20-7-19-13/h1-5,17-18H,6-7H2. The number of nitrogens with one attached hydrogen (secondary N) is 1. The number of benzene rings is 2. The van der Waals surface area contributed by atoms with Gasteiger partial charge in [-0.15, -0.1) is 0 Å². The molecule has 0 radical (unpaired) electrons. The molecule has 0 aromatic heterocycles. The second kappa shape index (κ2) is 5.09. The summed E-state index contributed by atoms with van der Waals surface area (Å²) in [5, 5.41) is 13.3. The van der Waals surface area contributed by atoms with Crippen LogP contribution >= 0.6 is 11.6 Å². The number of halogens is 2. The molecule has 4 nitrogen and oxygen atoms in total. The van der Waals surface area contributed by atoms with Crippen LogP contribution in [0.25, 0.3) is 0 Å². The molecule has 0 saturated carbocycles. The van der Waals surface area contributed by atoms with Gasteiger partial charge in [0, 0.05) is 18.2 Å². The minimum atomic E-state index is -0.383. The first-order chi connectivity index (χ1) is 9.63. The zero-order valence-corrected chi connectivity index (χ0v) is 11.1. The zero-order valence-electron chi connectivity index (χ0n) is 10.3. The SMILES string of the molecule is Oc1cc2c(cc1CNc1cc(F)ccc1Cl)OCO2. The van der Waals surface area contributed by atoms with Crippen LogP contribution in [-0.4, -0.2) is 11.9 Å². The lowest BCUT2D eigenvalue weighted by Gasteiger charge is -2.10. The van der Waals surface area contributed by atoms with E-state index in [9.17, 15) is 9.50 Å². The van der Waals surface area contributed by atoms with E-state index in [2.05, 4.69) is 5.32 Å². The number of phenols is 1. The van der Waals surface area contributed by atoms with Gasteiger partial charge in [-0.3, -0.25) is 0 Å². The maximum absolute atomic E-state index is 13.1. The second-order valence-electron chi connectivity index (χ2n) is 4.31. The van der Waals surface area contributed by atoms with Gasteiger partial charge >= 0.3 is 0 Å². The number of ether oxygens (including phenoxy) is 2. The predicted molar refractivity (Wildman–Crippen MR) is 73.0 cm³/mol. The summed E-state index contributed by atoms with van der Waals surface area (Å²) in [5.41, 5.74) is 1.07. The molecule has 6 heteroatoms. The summed E-state index contributed by atoms with van der Waals surface area (Å²) in [5.74, 6) is 0.779. The van der Waals surface area contributed by atoms with E-state index in [1.54, 1.807) is 6.07 Å². The summed E-state index contributed by atoms with van der Waals surface area (Å²) >= 11 is 5.96. The minimum Gasteiger partial charge on any atom is -0.507 e. The van der Waals surface area contributed by atoms with Gasteiger partial charge in [0.15, 0.2) is 11.5 Å². The fraction of sp³-hybridized carbons (Fsp3) is 0.143. The van der Waals surface area contributed by atoms with Crippen LogP contribution in [0.2, 0.25) is 5.02 Å². The van der Waals surface area contributed by atoms with Gasteiger partial charge < -0.3 is 19.9 Å². The topological polar surface area (TPSA) is 50.7 Å². The maximum Gasteiger partial charge on any atom is 0.231 e. The Kier molecular flexibility index (Phi) is 3.28. The average Bonchev–Trinajstić information content (AvgIpc) is 2.86. The van der Waals surface area contributed by atoms with E-state index in [0.717, 1.165) is 0 Å². The van der Waals surface area contributed by atoms with Crippen LogP contribution < -0.4 is 14.8 Å². The Morgan fingerprint density at radius 3 is 2.75 bits per heavy atom. The molecule has 0 amide bonds.